The van der Waals surface area contributed by atoms with Gasteiger partial charge in [0.15, 0.2) is 0 Å². The molecule has 0 bridgehead atoms. The quantitative estimate of drug-likeness (QED) is 0.366. The van der Waals surface area contributed by atoms with Crippen LogP contribution in [0.5, 0.6) is 0 Å². The number of alkyl halides is 1. The molecule has 2 aliphatic rings. The van der Waals surface area contributed by atoms with Gasteiger partial charge in [0.1, 0.15) is 0 Å². The van der Waals surface area contributed by atoms with Gasteiger partial charge in [0.05, 0.1) is 6.61 Å². The molecule has 0 aliphatic carbocycles. The summed E-state index contributed by atoms with van der Waals surface area (Å²) in [5.74, 6) is 0. The second-order valence-corrected chi connectivity index (χ2v) is 10.5. The average Bonchev–Trinajstić information content (AvgIpc) is 2.53. The fraction of sp³-hybridized carbons (Fsp3) is 0.650. The Balaban J connectivity index is 1.96. The minimum atomic E-state index is -0.350. The van der Waals surface area contributed by atoms with E-state index < -0.39 is 0 Å². The molecule has 0 aromatic heterocycles. The van der Waals surface area contributed by atoms with Crippen molar-refractivity contribution >= 4 is 40.1 Å². The summed E-state index contributed by atoms with van der Waals surface area (Å²) in [6.07, 6.45) is 3.84. The summed E-state index contributed by atoms with van der Waals surface area (Å²) in [6, 6.07) is 4.31. The fourth-order valence-electron chi connectivity index (χ4n) is 3.79. The molecule has 1 aromatic rings. The fourth-order valence-corrected chi connectivity index (χ4v) is 4.44. The molecule has 1 unspecified atom stereocenters. The predicted octanol–water partition coefficient (Wildman–Crippen LogP) is 5.58. The monoisotopic (exact) mass is 456 g/mol. The summed E-state index contributed by atoms with van der Waals surface area (Å²) in [4.78, 5) is 14.6. The van der Waals surface area contributed by atoms with E-state index >= 15 is 0 Å². The van der Waals surface area contributed by atoms with E-state index in [1.807, 2.05) is 0 Å². The number of benzene rings is 1. The third-order valence-corrected chi connectivity index (χ3v) is 6.67. The molecule has 1 aromatic carbocycles. The molecule has 25 heavy (non-hydrogen) atoms. The van der Waals surface area contributed by atoms with Gasteiger partial charge < -0.3 is 9.64 Å². The summed E-state index contributed by atoms with van der Waals surface area (Å²) in [7, 11) is 0. The number of halogens is 1. The van der Waals surface area contributed by atoms with Crippen LogP contribution in [0.25, 0.3) is 0 Å². The van der Waals surface area contributed by atoms with E-state index in [9.17, 15) is 4.79 Å². The molecule has 1 N–H and O–H groups in total. The largest absolute Gasteiger partial charge is 0.449 e. The van der Waals surface area contributed by atoms with Gasteiger partial charge in [0.25, 0.3) is 0 Å². The molecule has 4 nitrogen and oxygen atoms in total. The number of hydrogen-bond acceptors (Lipinski definition) is 3. The van der Waals surface area contributed by atoms with Crippen LogP contribution in [0.1, 0.15) is 64.5 Å². The molecule has 0 saturated heterocycles. The van der Waals surface area contributed by atoms with E-state index in [-0.39, 0.29) is 14.9 Å². The second-order valence-electron chi connectivity index (χ2n) is 8.10. The van der Waals surface area contributed by atoms with Crippen molar-refractivity contribution < 1.29 is 9.53 Å². The Labute approximate surface area is 164 Å². The van der Waals surface area contributed by atoms with Crippen LogP contribution < -0.4 is 10.2 Å². The van der Waals surface area contributed by atoms with Crippen LogP contribution in [0, 0.1) is 0 Å². The lowest BCUT2D eigenvalue weighted by Crippen LogP contribution is -2.44. The first-order valence-electron chi connectivity index (χ1n) is 9.31. The molecule has 0 fully saturated rings. The summed E-state index contributed by atoms with van der Waals surface area (Å²) < 4.78 is 5.37. The van der Waals surface area contributed by atoms with Gasteiger partial charge in [-0.3, -0.25) is 5.32 Å². The van der Waals surface area contributed by atoms with Gasteiger partial charge in [-0.05, 0) is 54.9 Å². The second kappa shape index (κ2) is 6.97. The first kappa shape index (κ1) is 18.8. The third-order valence-electron chi connectivity index (χ3n) is 5.55. The van der Waals surface area contributed by atoms with Crippen LogP contribution in [-0.4, -0.2) is 25.8 Å². The Morgan fingerprint density at radius 1 is 1.24 bits per heavy atom. The zero-order chi connectivity index (χ0) is 18.2. The zero-order valence-electron chi connectivity index (χ0n) is 15.7. The van der Waals surface area contributed by atoms with E-state index in [2.05, 4.69) is 72.6 Å². The molecule has 1 atom stereocenters. The molecule has 2 aliphatic heterocycles. The molecule has 3 rings (SSSR count). The van der Waals surface area contributed by atoms with Gasteiger partial charge in [0.2, 0.25) is 0 Å². The number of hydrogen-bond donors (Lipinski definition) is 1. The lowest BCUT2D eigenvalue weighted by molar-refractivity contribution is 0.160. The number of amides is 1. The van der Waals surface area contributed by atoms with Crippen LogP contribution in [0.3, 0.4) is 0 Å². The maximum atomic E-state index is 12.1. The molecule has 2 heterocycles. The first-order chi connectivity index (χ1) is 11.7. The van der Waals surface area contributed by atoms with Crippen molar-refractivity contribution in [3.8, 4) is 0 Å². The number of unbranched alkanes of at least 4 members (excludes halogenated alkanes) is 1. The van der Waals surface area contributed by atoms with Crippen molar-refractivity contribution in [2.24, 2.45) is 0 Å². The highest BCUT2D eigenvalue weighted by Crippen LogP contribution is 2.52. The van der Waals surface area contributed by atoms with Gasteiger partial charge >= 0.3 is 6.09 Å². The number of nitrogens with one attached hydrogen (secondary N) is 1. The topological polar surface area (TPSA) is 41.6 Å². The van der Waals surface area contributed by atoms with Crippen molar-refractivity contribution in [2.45, 2.75) is 62.2 Å². The Morgan fingerprint density at radius 3 is 2.64 bits per heavy atom. The van der Waals surface area contributed by atoms with Crippen molar-refractivity contribution in [1.29, 1.82) is 0 Å². The van der Waals surface area contributed by atoms with Gasteiger partial charge in [-0.25, -0.2) is 4.79 Å². The van der Waals surface area contributed by atoms with E-state index in [0.717, 1.165) is 44.5 Å². The van der Waals surface area contributed by atoms with Gasteiger partial charge in [0, 0.05) is 27.9 Å². The van der Waals surface area contributed by atoms with E-state index in [0.29, 0.717) is 6.61 Å². The standard InChI is InChI=1S/C20H29IN2O2/c1-5-6-11-25-18(24)22-14-12-15-17-16(13-14)20(4,21)8-10-23(17)9-7-19(15,2)3/h12-13H,5-11H2,1-4H3,(H,22,24). The highest BCUT2D eigenvalue weighted by molar-refractivity contribution is 14.1. The van der Waals surface area contributed by atoms with Gasteiger partial charge in [-0.2, -0.15) is 0 Å². The normalized spacial score (nSPS) is 23.8. The van der Waals surface area contributed by atoms with Crippen LogP contribution in [-0.2, 0) is 13.6 Å². The third kappa shape index (κ3) is 3.76. The van der Waals surface area contributed by atoms with Crippen LogP contribution in [0.15, 0.2) is 12.1 Å². The van der Waals surface area contributed by atoms with Crippen molar-refractivity contribution in [3.05, 3.63) is 23.3 Å². The number of nitrogens with zero attached hydrogens (tertiary/aromatic N) is 1. The molecule has 1 amide bonds. The maximum Gasteiger partial charge on any atom is 0.411 e. The minimum absolute atomic E-state index is 0.0928. The van der Waals surface area contributed by atoms with E-state index in [1.165, 1.54) is 16.8 Å². The van der Waals surface area contributed by atoms with Crippen molar-refractivity contribution in [3.63, 3.8) is 0 Å². The number of carbonyl (C=O) groups excluding carboxylic acids is 1. The van der Waals surface area contributed by atoms with Crippen LogP contribution in [0.4, 0.5) is 16.2 Å². The van der Waals surface area contributed by atoms with E-state index in [1.54, 1.807) is 0 Å². The van der Waals surface area contributed by atoms with Gasteiger partial charge in [-0.1, -0.05) is 49.8 Å². The predicted molar refractivity (Wildman–Crippen MR) is 112 cm³/mol. The lowest BCUT2D eigenvalue weighted by Gasteiger charge is -2.47. The summed E-state index contributed by atoms with van der Waals surface area (Å²) in [6.45, 7) is 11.7. The van der Waals surface area contributed by atoms with Crippen molar-refractivity contribution in [2.75, 3.05) is 29.9 Å². The number of ether oxygens (including phenoxy) is 1. The van der Waals surface area contributed by atoms with Gasteiger partial charge in [-0.15, -0.1) is 0 Å². The van der Waals surface area contributed by atoms with Crippen LogP contribution >= 0.6 is 22.6 Å². The Kier molecular flexibility index (Phi) is 5.24. The number of anilines is 2. The van der Waals surface area contributed by atoms with Crippen molar-refractivity contribution in [1.82, 2.24) is 0 Å². The Hall–Kier alpha value is -0.980. The molecule has 0 saturated carbocycles. The average molecular weight is 456 g/mol. The smallest absolute Gasteiger partial charge is 0.411 e. The highest BCUT2D eigenvalue weighted by Gasteiger charge is 2.40. The molecular weight excluding hydrogens is 427 g/mol. The Morgan fingerprint density at radius 2 is 1.92 bits per heavy atom. The minimum Gasteiger partial charge on any atom is -0.449 e. The lowest BCUT2D eigenvalue weighted by atomic mass is 9.73. The summed E-state index contributed by atoms with van der Waals surface area (Å²) in [5.41, 5.74) is 5.06. The van der Waals surface area contributed by atoms with Crippen LogP contribution in [0.2, 0.25) is 0 Å². The SMILES string of the molecule is CCCCOC(=O)Nc1cc2c3c(c1)C(C)(I)CCN3CCC2(C)C. The Bertz CT molecular complexity index is 629. The zero-order valence-corrected chi connectivity index (χ0v) is 17.9. The first-order valence-corrected chi connectivity index (χ1v) is 10.4. The molecule has 5 heteroatoms. The summed E-state index contributed by atoms with van der Waals surface area (Å²) in [5, 5.41) is 2.96. The molecular formula is C20H29IN2O2. The summed E-state index contributed by atoms with van der Waals surface area (Å²) >= 11 is 2.57. The van der Waals surface area contributed by atoms with E-state index in [4.69, 9.17) is 4.74 Å². The molecule has 0 spiro atoms. The maximum absolute atomic E-state index is 12.1. The molecule has 138 valence electrons. The number of rotatable bonds is 4. The molecule has 0 radical (unpaired) electrons. The highest BCUT2D eigenvalue weighted by atomic mass is 127. The number of carbonyl (C=O) groups is 1.